The molecular weight excluding hydrogens is 274 g/mol. The van der Waals surface area contributed by atoms with E-state index in [1.807, 2.05) is 0 Å². The van der Waals surface area contributed by atoms with Crippen LogP contribution in [0.1, 0.15) is 39.0 Å². The molecule has 2 bridgehead atoms. The van der Waals surface area contributed by atoms with Crippen LogP contribution in [0.15, 0.2) is 17.3 Å². The molecule has 2 saturated heterocycles. The molecular formula is C14H21N3O2S. The van der Waals surface area contributed by atoms with Gasteiger partial charge < -0.3 is 0 Å². The van der Waals surface area contributed by atoms with Crippen LogP contribution < -0.4 is 0 Å². The lowest BCUT2D eigenvalue weighted by Gasteiger charge is -2.38. The molecule has 6 heteroatoms. The predicted octanol–water partition coefficient (Wildman–Crippen LogP) is 1.86. The molecule has 0 amide bonds. The van der Waals surface area contributed by atoms with Crippen molar-refractivity contribution in [1.82, 2.24) is 14.1 Å². The molecule has 5 rings (SSSR count). The second kappa shape index (κ2) is 4.07. The van der Waals surface area contributed by atoms with Gasteiger partial charge in [-0.15, -0.1) is 0 Å². The average molecular weight is 295 g/mol. The fraction of sp³-hybridized carbons (Fsp3) is 0.786. The van der Waals surface area contributed by atoms with Gasteiger partial charge >= 0.3 is 0 Å². The first-order valence-corrected chi connectivity index (χ1v) is 8.98. The Morgan fingerprint density at radius 1 is 1.40 bits per heavy atom. The fourth-order valence-corrected chi connectivity index (χ4v) is 6.05. The summed E-state index contributed by atoms with van der Waals surface area (Å²) in [5.41, 5.74) is -0.144. The second-order valence-corrected chi connectivity index (χ2v) is 8.77. The molecule has 0 unspecified atom stereocenters. The van der Waals surface area contributed by atoms with Crippen LogP contribution in [0.5, 0.6) is 0 Å². The normalized spacial score (nSPS) is 34.0. The Morgan fingerprint density at radius 3 is 2.70 bits per heavy atom. The van der Waals surface area contributed by atoms with Gasteiger partial charge in [-0.25, -0.2) is 8.42 Å². The van der Waals surface area contributed by atoms with E-state index in [2.05, 4.69) is 12.0 Å². The molecule has 2 aliphatic heterocycles. The van der Waals surface area contributed by atoms with Gasteiger partial charge in [0, 0.05) is 18.6 Å². The van der Waals surface area contributed by atoms with E-state index in [4.69, 9.17) is 0 Å². The van der Waals surface area contributed by atoms with Crippen molar-refractivity contribution in [1.29, 1.82) is 0 Å². The van der Waals surface area contributed by atoms with Crippen LogP contribution in [0.2, 0.25) is 0 Å². The van der Waals surface area contributed by atoms with Gasteiger partial charge in [0.15, 0.2) is 5.03 Å². The summed E-state index contributed by atoms with van der Waals surface area (Å²) < 4.78 is 29.3. The summed E-state index contributed by atoms with van der Waals surface area (Å²) in [5, 5.41) is 4.64. The van der Waals surface area contributed by atoms with Gasteiger partial charge in [0.25, 0.3) is 10.0 Å². The first-order valence-electron chi connectivity index (χ1n) is 7.54. The van der Waals surface area contributed by atoms with Crippen LogP contribution in [0, 0.1) is 11.8 Å². The summed E-state index contributed by atoms with van der Waals surface area (Å²) in [4.78, 5) is 0. The number of nitrogens with zero attached hydrogens (tertiary/aromatic N) is 3. The second-order valence-electron chi connectivity index (χ2n) is 6.96. The molecule has 0 N–H and O–H groups in total. The fourth-order valence-electron chi connectivity index (χ4n) is 4.07. The van der Waals surface area contributed by atoms with E-state index < -0.39 is 10.0 Å². The summed E-state index contributed by atoms with van der Waals surface area (Å²) in [6.45, 7) is 3.50. The number of aromatic nitrogens is 2. The largest absolute Gasteiger partial charge is 0.260 e. The summed E-state index contributed by atoms with van der Waals surface area (Å²) in [6.07, 6.45) is 7.31. The van der Waals surface area contributed by atoms with Crippen molar-refractivity contribution >= 4 is 10.0 Å². The van der Waals surface area contributed by atoms with Gasteiger partial charge in [-0.1, -0.05) is 6.42 Å². The van der Waals surface area contributed by atoms with E-state index in [1.54, 1.807) is 21.3 Å². The molecule has 0 radical (unpaired) electrons. The number of hydrogen-bond donors (Lipinski definition) is 0. The van der Waals surface area contributed by atoms with E-state index >= 15 is 0 Å². The number of fused-ring (bicyclic) bond motifs is 1. The van der Waals surface area contributed by atoms with Gasteiger partial charge in [-0.05, 0) is 50.5 Å². The molecule has 0 atom stereocenters. The van der Waals surface area contributed by atoms with Crippen molar-refractivity contribution in [3.05, 3.63) is 12.3 Å². The van der Waals surface area contributed by atoms with Gasteiger partial charge in [0.05, 0.1) is 6.20 Å². The van der Waals surface area contributed by atoms with Crippen LogP contribution in [-0.2, 0) is 16.6 Å². The Bertz CT molecular complexity index is 627. The smallest absolute Gasteiger partial charge is 0.253 e. The van der Waals surface area contributed by atoms with Gasteiger partial charge in [-0.2, -0.15) is 9.40 Å². The van der Waals surface area contributed by atoms with Crippen LogP contribution in [0.4, 0.5) is 0 Å². The first kappa shape index (κ1) is 12.8. The topological polar surface area (TPSA) is 55.2 Å². The average Bonchev–Trinajstić information content (AvgIpc) is 2.94. The molecule has 1 aromatic rings. The zero-order chi connectivity index (χ0) is 14.0. The summed E-state index contributed by atoms with van der Waals surface area (Å²) in [6, 6.07) is 1.66. The molecule has 20 heavy (non-hydrogen) atoms. The van der Waals surface area contributed by atoms with Gasteiger partial charge in [0.2, 0.25) is 0 Å². The molecule has 5 nitrogen and oxygen atoms in total. The predicted molar refractivity (Wildman–Crippen MR) is 74.6 cm³/mol. The van der Waals surface area contributed by atoms with Crippen molar-refractivity contribution in [2.75, 3.05) is 6.54 Å². The Hall–Kier alpha value is -0.880. The molecule has 110 valence electrons. The Labute approximate surface area is 120 Å². The van der Waals surface area contributed by atoms with Crippen molar-refractivity contribution in [3.63, 3.8) is 0 Å². The third-order valence-corrected chi connectivity index (χ3v) is 7.42. The zero-order valence-corrected chi connectivity index (χ0v) is 12.6. The zero-order valence-electron chi connectivity index (χ0n) is 11.8. The van der Waals surface area contributed by atoms with Crippen molar-refractivity contribution in [2.45, 2.75) is 56.1 Å². The Balaban J connectivity index is 1.64. The van der Waals surface area contributed by atoms with Gasteiger partial charge in [0.1, 0.15) is 0 Å². The minimum Gasteiger partial charge on any atom is -0.253 e. The highest BCUT2D eigenvalue weighted by molar-refractivity contribution is 7.89. The maximum atomic E-state index is 12.9. The minimum atomic E-state index is -3.39. The Kier molecular flexibility index (Phi) is 2.61. The van der Waals surface area contributed by atoms with Crippen LogP contribution in [-0.4, -0.2) is 34.6 Å². The van der Waals surface area contributed by atoms with Crippen LogP contribution in [0.25, 0.3) is 0 Å². The highest BCUT2D eigenvalue weighted by atomic mass is 32.2. The number of hydrogen-bond acceptors (Lipinski definition) is 3. The van der Waals surface area contributed by atoms with E-state index in [9.17, 15) is 8.42 Å². The number of rotatable bonds is 4. The molecule has 4 fully saturated rings. The van der Waals surface area contributed by atoms with E-state index in [0.717, 1.165) is 19.4 Å². The monoisotopic (exact) mass is 295 g/mol. The quantitative estimate of drug-likeness (QED) is 0.852. The maximum absolute atomic E-state index is 12.9. The maximum Gasteiger partial charge on any atom is 0.260 e. The SMILES string of the molecule is CC12CC(CN1S(=O)(=O)c1ccnn1CC1CCC1)C2. The highest BCUT2D eigenvalue weighted by Crippen LogP contribution is 2.52. The summed E-state index contributed by atoms with van der Waals surface area (Å²) in [7, 11) is -3.39. The summed E-state index contributed by atoms with van der Waals surface area (Å²) in [5.74, 6) is 1.17. The lowest BCUT2D eigenvalue weighted by Crippen LogP contribution is -2.46. The standard InChI is InChI=1S/C14H21N3O2S/c1-14-7-12(8-14)10-17(14)20(18,19)13-5-6-15-16(13)9-11-3-2-4-11/h5-6,11-12H,2-4,7-10H2,1H3. The highest BCUT2D eigenvalue weighted by Gasteiger charge is 2.57. The molecule has 2 aliphatic carbocycles. The third kappa shape index (κ3) is 1.70. The van der Waals surface area contributed by atoms with E-state index in [1.165, 1.54) is 19.3 Å². The third-order valence-electron chi connectivity index (χ3n) is 5.37. The first-order chi connectivity index (χ1) is 9.49. The minimum absolute atomic E-state index is 0.144. The molecule has 4 aliphatic rings. The Morgan fingerprint density at radius 2 is 2.15 bits per heavy atom. The molecule has 1 aromatic heterocycles. The van der Waals surface area contributed by atoms with Crippen molar-refractivity contribution < 1.29 is 8.42 Å². The molecule has 0 spiro atoms. The van der Waals surface area contributed by atoms with E-state index in [-0.39, 0.29) is 5.54 Å². The molecule has 3 heterocycles. The molecule has 2 saturated carbocycles. The van der Waals surface area contributed by atoms with Crippen molar-refractivity contribution in [3.8, 4) is 0 Å². The lowest BCUT2D eigenvalue weighted by molar-refractivity contribution is 0.193. The lowest BCUT2D eigenvalue weighted by atomic mass is 9.75. The van der Waals surface area contributed by atoms with E-state index in [0.29, 0.717) is 23.4 Å². The summed E-state index contributed by atoms with van der Waals surface area (Å²) >= 11 is 0. The van der Waals surface area contributed by atoms with Crippen LogP contribution >= 0.6 is 0 Å². The molecule has 0 aromatic carbocycles. The van der Waals surface area contributed by atoms with Gasteiger partial charge in [-0.3, -0.25) is 4.68 Å². The van der Waals surface area contributed by atoms with Crippen molar-refractivity contribution in [2.24, 2.45) is 11.8 Å². The number of sulfonamides is 1. The van der Waals surface area contributed by atoms with Crippen LogP contribution in [0.3, 0.4) is 0 Å².